The molecule has 1 saturated heterocycles. The van der Waals surface area contributed by atoms with Gasteiger partial charge in [0, 0.05) is 35.7 Å². The summed E-state index contributed by atoms with van der Waals surface area (Å²) in [6.07, 6.45) is 0. The molecule has 1 heterocycles. The Hall–Kier alpha value is -3.36. The number of nitrogens with zero attached hydrogens (tertiary/aromatic N) is 1. The average molecular weight is 480 g/mol. The number of nitrogens with one attached hydrogen (secondary N) is 2. The highest BCUT2D eigenvalue weighted by atomic mass is 32.2. The lowest BCUT2D eigenvalue weighted by molar-refractivity contribution is 0.102. The molecule has 4 rings (SSSR count). The van der Waals surface area contributed by atoms with Crippen LogP contribution in [0.2, 0.25) is 0 Å². The predicted molar refractivity (Wildman–Crippen MR) is 135 cm³/mol. The molecule has 1 aliphatic rings. The van der Waals surface area contributed by atoms with Gasteiger partial charge in [0.2, 0.25) is 0 Å². The molecule has 0 aliphatic carbocycles. The van der Waals surface area contributed by atoms with E-state index in [-0.39, 0.29) is 16.4 Å². The standard InChI is InChI=1S/C26H29N3O4S/c1-18-14-19(2)16-23(15-18)28-34(31,32)25-17-21(5-4-20(25)3)26(30)27-22-6-8-24(9-7-22)29-10-12-33-13-11-29/h4-9,14-17,28H,10-13H2,1-3H3,(H,27,30). The van der Waals surface area contributed by atoms with Gasteiger partial charge in [-0.05, 0) is 86.0 Å². The molecule has 178 valence electrons. The second kappa shape index (κ2) is 9.87. The zero-order chi connectivity index (χ0) is 24.3. The van der Waals surface area contributed by atoms with Crippen LogP contribution in [0.5, 0.6) is 0 Å². The monoisotopic (exact) mass is 479 g/mol. The molecule has 0 atom stereocenters. The highest BCUT2D eigenvalue weighted by molar-refractivity contribution is 7.92. The van der Waals surface area contributed by atoms with E-state index >= 15 is 0 Å². The van der Waals surface area contributed by atoms with Gasteiger partial charge in [-0.25, -0.2) is 8.42 Å². The van der Waals surface area contributed by atoms with E-state index in [1.165, 1.54) is 6.07 Å². The molecule has 0 aromatic heterocycles. The van der Waals surface area contributed by atoms with Crippen molar-refractivity contribution >= 4 is 33.0 Å². The summed E-state index contributed by atoms with van der Waals surface area (Å²) in [5.41, 5.74) is 4.95. The number of amides is 1. The molecule has 1 aliphatic heterocycles. The molecular weight excluding hydrogens is 450 g/mol. The smallest absolute Gasteiger partial charge is 0.262 e. The number of aryl methyl sites for hydroxylation is 3. The number of morpholine rings is 1. The van der Waals surface area contributed by atoms with Gasteiger partial charge in [0.05, 0.1) is 18.1 Å². The van der Waals surface area contributed by atoms with Gasteiger partial charge in [-0.2, -0.15) is 0 Å². The van der Waals surface area contributed by atoms with Crippen molar-refractivity contribution in [3.63, 3.8) is 0 Å². The minimum absolute atomic E-state index is 0.0713. The van der Waals surface area contributed by atoms with Crippen molar-refractivity contribution in [2.45, 2.75) is 25.7 Å². The number of sulfonamides is 1. The maximum atomic E-state index is 13.1. The third-order valence-corrected chi connectivity index (χ3v) is 7.24. The van der Waals surface area contributed by atoms with Gasteiger partial charge in [-0.3, -0.25) is 9.52 Å². The Kier molecular flexibility index (Phi) is 6.90. The Labute approximate surface area is 200 Å². The fraction of sp³-hybridized carbons (Fsp3) is 0.269. The molecule has 3 aromatic rings. The normalized spacial score (nSPS) is 14.0. The lowest BCUT2D eigenvalue weighted by atomic mass is 10.1. The van der Waals surface area contributed by atoms with E-state index in [4.69, 9.17) is 4.74 Å². The summed E-state index contributed by atoms with van der Waals surface area (Å²) in [6, 6.07) is 17.8. The number of anilines is 3. The van der Waals surface area contributed by atoms with E-state index in [2.05, 4.69) is 14.9 Å². The highest BCUT2D eigenvalue weighted by Gasteiger charge is 2.20. The Bertz CT molecular complexity index is 1280. The molecule has 0 bridgehead atoms. The minimum Gasteiger partial charge on any atom is -0.378 e. The summed E-state index contributed by atoms with van der Waals surface area (Å²) in [5.74, 6) is -0.373. The first-order valence-electron chi connectivity index (χ1n) is 11.2. The van der Waals surface area contributed by atoms with Crippen LogP contribution in [-0.4, -0.2) is 40.6 Å². The van der Waals surface area contributed by atoms with Crippen LogP contribution in [0.3, 0.4) is 0 Å². The number of carbonyl (C=O) groups is 1. The summed E-state index contributed by atoms with van der Waals surface area (Å²) >= 11 is 0. The van der Waals surface area contributed by atoms with Crippen molar-refractivity contribution < 1.29 is 17.9 Å². The van der Waals surface area contributed by atoms with E-state index < -0.39 is 10.0 Å². The van der Waals surface area contributed by atoms with Crippen molar-refractivity contribution in [2.75, 3.05) is 41.2 Å². The first-order valence-corrected chi connectivity index (χ1v) is 12.7. The Morgan fingerprint density at radius 2 is 1.50 bits per heavy atom. The number of ether oxygens (including phenoxy) is 1. The van der Waals surface area contributed by atoms with E-state index in [1.54, 1.807) is 31.2 Å². The van der Waals surface area contributed by atoms with Crippen molar-refractivity contribution in [2.24, 2.45) is 0 Å². The third kappa shape index (κ3) is 5.58. The van der Waals surface area contributed by atoms with Crippen LogP contribution in [0.4, 0.5) is 17.1 Å². The molecular formula is C26H29N3O4S. The zero-order valence-corrected chi connectivity index (χ0v) is 20.4. The van der Waals surface area contributed by atoms with Crippen LogP contribution < -0.4 is 14.9 Å². The molecule has 8 heteroatoms. The first kappa shape index (κ1) is 23.8. The number of hydrogen-bond acceptors (Lipinski definition) is 5. The van der Waals surface area contributed by atoms with Gasteiger partial charge >= 0.3 is 0 Å². The first-order chi connectivity index (χ1) is 16.2. The van der Waals surface area contributed by atoms with Gasteiger partial charge < -0.3 is 15.0 Å². The predicted octanol–water partition coefficient (Wildman–Crippen LogP) is 4.50. The van der Waals surface area contributed by atoms with Gasteiger partial charge in [-0.15, -0.1) is 0 Å². The van der Waals surface area contributed by atoms with Crippen LogP contribution in [0.25, 0.3) is 0 Å². The van der Waals surface area contributed by atoms with E-state index in [0.717, 1.165) is 29.9 Å². The molecule has 0 unspecified atom stereocenters. The number of carbonyl (C=O) groups excluding carboxylic acids is 1. The Balaban J connectivity index is 1.51. The van der Waals surface area contributed by atoms with Crippen molar-refractivity contribution in [1.29, 1.82) is 0 Å². The number of benzene rings is 3. The molecule has 34 heavy (non-hydrogen) atoms. The SMILES string of the molecule is Cc1cc(C)cc(NS(=O)(=O)c2cc(C(=O)Nc3ccc(N4CCOCC4)cc3)ccc2C)c1. The summed E-state index contributed by atoms with van der Waals surface area (Å²) in [4.78, 5) is 15.2. The Morgan fingerprint density at radius 3 is 2.15 bits per heavy atom. The van der Waals surface area contributed by atoms with Crippen LogP contribution in [-0.2, 0) is 14.8 Å². The van der Waals surface area contributed by atoms with Gasteiger partial charge in [0.15, 0.2) is 0 Å². The largest absolute Gasteiger partial charge is 0.378 e. The lowest BCUT2D eigenvalue weighted by Gasteiger charge is -2.28. The summed E-state index contributed by atoms with van der Waals surface area (Å²) in [5, 5.41) is 2.85. The number of hydrogen-bond donors (Lipinski definition) is 2. The van der Waals surface area contributed by atoms with Crippen molar-refractivity contribution in [3.8, 4) is 0 Å². The van der Waals surface area contributed by atoms with Crippen LogP contribution in [0.15, 0.2) is 65.6 Å². The zero-order valence-electron chi connectivity index (χ0n) is 19.6. The minimum atomic E-state index is -3.87. The fourth-order valence-corrected chi connectivity index (χ4v) is 5.37. The quantitative estimate of drug-likeness (QED) is 0.544. The van der Waals surface area contributed by atoms with E-state index in [1.807, 2.05) is 44.2 Å². The van der Waals surface area contributed by atoms with E-state index in [0.29, 0.717) is 30.2 Å². The average Bonchev–Trinajstić information content (AvgIpc) is 2.79. The lowest BCUT2D eigenvalue weighted by Crippen LogP contribution is -2.36. The molecule has 3 aromatic carbocycles. The molecule has 0 spiro atoms. The maximum Gasteiger partial charge on any atom is 0.262 e. The van der Waals surface area contributed by atoms with Gasteiger partial charge in [0.25, 0.3) is 15.9 Å². The Morgan fingerprint density at radius 1 is 0.853 bits per heavy atom. The van der Waals surface area contributed by atoms with Gasteiger partial charge in [-0.1, -0.05) is 12.1 Å². The molecule has 7 nitrogen and oxygen atoms in total. The van der Waals surface area contributed by atoms with Gasteiger partial charge in [0.1, 0.15) is 0 Å². The van der Waals surface area contributed by atoms with E-state index in [9.17, 15) is 13.2 Å². The fourth-order valence-electron chi connectivity index (χ4n) is 4.05. The summed E-state index contributed by atoms with van der Waals surface area (Å²) < 4.78 is 34.2. The van der Waals surface area contributed by atoms with Crippen molar-refractivity contribution in [3.05, 3.63) is 82.9 Å². The highest BCUT2D eigenvalue weighted by Crippen LogP contribution is 2.24. The molecule has 0 saturated carbocycles. The second-order valence-corrected chi connectivity index (χ2v) is 10.2. The maximum absolute atomic E-state index is 13.1. The topological polar surface area (TPSA) is 87.7 Å². The second-order valence-electron chi connectivity index (χ2n) is 8.56. The third-order valence-electron chi connectivity index (χ3n) is 5.72. The molecule has 1 fully saturated rings. The molecule has 2 N–H and O–H groups in total. The van der Waals surface area contributed by atoms with Crippen LogP contribution in [0, 0.1) is 20.8 Å². The van der Waals surface area contributed by atoms with Crippen molar-refractivity contribution in [1.82, 2.24) is 0 Å². The summed E-state index contributed by atoms with van der Waals surface area (Å²) in [6.45, 7) is 8.61. The van der Waals surface area contributed by atoms with Crippen LogP contribution >= 0.6 is 0 Å². The summed E-state index contributed by atoms with van der Waals surface area (Å²) in [7, 11) is -3.87. The molecule has 0 radical (unpaired) electrons. The number of rotatable bonds is 6. The molecule has 1 amide bonds. The van der Waals surface area contributed by atoms with Crippen LogP contribution in [0.1, 0.15) is 27.0 Å².